The number of hydrazone groups is 1. The van der Waals surface area contributed by atoms with Gasteiger partial charge in [-0.05, 0) is 54.6 Å². The Morgan fingerprint density at radius 1 is 1.00 bits per heavy atom. The van der Waals surface area contributed by atoms with E-state index in [1.807, 2.05) is 57.2 Å². The van der Waals surface area contributed by atoms with Crippen LogP contribution in [0.25, 0.3) is 10.8 Å². The predicted molar refractivity (Wildman–Crippen MR) is 130 cm³/mol. The van der Waals surface area contributed by atoms with Crippen LogP contribution >= 0.6 is 0 Å². The highest BCUT2D eigenvalue weighted by atomic mass is 16.5. The molecule has 33 heavy (non-hydrogen) atoms. The lowest BCUT2D eigenvalue weighted by Gasteiger charge is -2.20. The molecule has 2 N–H and O–H groups in total. The normalized spacial score (nSPS) is 12.0. The van der Waals surface area contributed by atoms with Gasteiger partial charge in [0.05, 0.1) is 19.9 Å². The zero-order valence-corrected chi connectivity index (χ0v) is 19.3. The standard InChI is InChI=1S/C26H29N3O4/c1-5-33-23-15-12-19(21-8-6-7-9-22(21)23)16-27-29-26(31)24(17(2)3)28-25(30)18-10-13-20(32-4)14-11-18/h6-17,24H,5H2,1-4H3,(H,28,30)(H,29,31). The van der Waals surface area contributed by atoms with E-state index in [0.29, 0.717) is 17.9 Å². The molecule has 0 aliphatic heterocycles. The highest BCUT2D eigenvalue weighted by Gasteiger charge is 2.24. The Bertz CT molecular complexity index is 1140. The van der Waals surface area contributed by atoms with Crippen LogP contribution in [-0.2, 0) is 4.79 Å². The lowest BCUT2D eigenvalue weighted by Crippen LogP contribution is -2.48. The Hall–Kier alpha value is -3.87. The second kappa shape index (κ2) is 11.1. The Morgan fingerprint density at radius 3 is 2.33 bits per heavy atom. The van der Waals surface area contributed by atoms with Crippen LogP contribution in [0.1, 0.15) is 36.7 Å². The Kier molecular flexibility index (Phi) is 8.02. The van der Waals surface area contributed by atoms with Gasteiger partial charge in [-0.15, -0.1) is 0 Å². The van der Waals surface area contributed by atoms with Gasteiger partial charge in [0.1, 0.15) is 17.5 Å². The third-order valence-corrected chi connectivity index (χ3v) is 5.18. The number of hydrogen-bond donors (Lipinski definition) is 2. The molecular weight excluding hydrogens is 418 g/mol. The molecule has 0 saturated heterocycles. The fourth-order valence-electron chi connectivity index (χ4n) is 3.43. The van der Waals surface area contributed by atoms with Crippen LogP contribution in [0, 0.1) is 5.92 Å². The number of methoxy groups -OCH3 is 1. The number of carbonyl (C=O) groups excluding carboxylic acids is 2. The Balaban J connectivity index is 1.71. The van der Waals surface area contributed by atoms with E-state index in [1.165, 1.54) is 0 Å². The van der Waals surface area contributed by atoms with Crippen molar-refractivity contribution in [2.75, 3.05) is 13.7 Å². The molecule has 0 spiro atoms. The Morgan fingerprint density at radius 2 is 1.70 bits per heavy atom. The molecule has 0 bridgehead atoms. The van der Waals surface area contributed by atoms with Gasteiger partial charge in [-0.2, -0.15) is 5.10 Å². The van der Waals surface area contributed by atoms with E-state index in [2.05, 4.69) is 15.8 Å². The van der Waals surface area contributed by atoms with E-state index in [-0.39, 0.29) is 11.8 Å². The first-order valence-corrected chi connectivity index (χ1v) is 10.9. The van der Waals surface area contributed by atoms with Crippen molar-refractivity contribution in [1.82, 2.24) is 10.7 Å². The van der Waals surface area contributed by atoms with Gasteiger partial charge in [0.15, 0.2) is 0 Å². The first-order chi connectivity index (χ1) is 15.9. The first kappa shape index (κ1) is 23.8. The monoisotopic (exact) mass is 447 g/mol. The SMILES string of the molecule is CCOc1ccc(C=NNC(=O)C(NC(=O)c2ccc(OC)cc2)C(C)C)c2ccccc12. The maximum absolute atomic E-state index is 12.8. The van der Waals surface area contributed by atoms with Crippen molar-refractivity contribution in [1.29, 1.82) is 0 Å². The molecule has 0 aliphatic carbocycles. The molecule has 0 radical (unpaired) electrons. The van der Waals surface area contributed by atoms with E-state index in [9.17, 15) is 9.59 Å². The fourth-order valence-corrected chi connectivity index (χ4v) is 3.43. The molecule has 7 heteroatoms. The molecule has 1 unspecified atom stereocenters. The van der Waals surface area contributed by atoms with E-state index < -0.39 is 11.9 Å². The van der Waals surface area contributed by atoms with Gasteiger partial charge in [-0.3, -0.25) is 9.59 Å². The average Bonchev–Trinajstić information content (AvgIpc) is 2.83. The molecule has 1 atom stereocenters. The molecule has 3 rings (SSSR count). The van der Waals surface area contributed by atoms with Crippen molar-refractivity contribution in [3.63, 3.8) is 0 Å². The van der Waals surface area contributed by atoms with Gasteiger partial charge in [-0.25, -0.2) is 5.43 Å². The number of rotatable bonds is 9. The van der Waals surface area contributed by atoms with E-state index in [1.54, 1.807) is 37.6 Å². The van der Waals surface area contributed by atoms with E-state index in [4.69, 9.17) is 9.47 Å². The lowest BCUT2D eigenvalue weighted by atomic mass is 10.0. The Labute approximate surface area is 193 Å². The van der Waals surface area contributed by atoms with Crippen LogP contribution < -0.4 is 20.2 Å². The molecule has 0 saturated carbocycles. The second-order valence-electron chi connectivity index (χ2n) is 7.79. The summed E-state index contributed by atoms with van der Waals surface area (Å²) in [7, 11) is 1.56. The van der Waals surface area contributed by atoms with Crippen LogP contribution in [-0.4, -0.2) is 37.8 Å². The van der Waals surface area contributed by atoms with E-state index >= 15 is 0 Å². The van der Waals surface area contributed by atoms with Gasteiger partial charge in [-0.1, -0.05) is 38.1 Å². The molecular formula is C26H29N3O4. The van der Waals surface area contributed by atoms with Crippen molar-refractivity contribution in [3.05, 3.63) is 71.8 Å². The number of nitrogens with zero attached hydrogens (tertiary/aromatic N) is 1. The van der Waals surface area contributed by atoms with Gasteiger partial charge in [0.25, 0.3) is 11.8 Å². The first-order valence-electron chi connectivity index (χ1n) is 10.9. The zero-order valence-electron chi connectivity index (χ0n) is 19.3. The summed E-state index contributed by atoms with van der Waals surface area (Å²) in [6, 6.07) is 17.6. The summed E-state index contributed by atoms with van der Waals surface area (Å²) in [4.78, 5) is 25.4. The summed E-state index contributed by atoms with van der Waals surface area (Å²) in [5, 5.41) is 8.87. The van der Waals surface area contributed by atoms with Crippen molar-refractivity contribution in [2.24, 2.45) is 11.0 Å². The van der Waals surface area contributed by atoms with Crippen molar-refractivity contribution >= 4 is 28.8 Å². The molecule has 3 aromatic carbocycles. The third-order valence-electron chi connectivity index (χ3n) is 5.18. The molecule has 2 amide bonds. The number of nitrogens with one attached hydrogen (secondary N) is 2. The van der Waals surface area contributed by atoms with Crippen LogP contribution in [0.5, 0.6) is 11.5 Å². The second-order valence-corrected chi connectivity index (χ2v) is 7.79. The van der Waals surface area contributed by atoms with Gasteiger partial charge >= 0.3 is 0 Å². The largest absolute Gasteiger partial charge is 0.497 e. The summed E-state index contributed by atoms with van der Waals surface area (Å²) in [5.74, 6) is 0.594. The predicted octanol–water partition coefficient (Wildman–Crippen LogP) is 4.15. The number of carbonyl (C=O) groups is 2. The average molecular weight is 448 g/mol. The maximum atomic E-state index is 12.8. The lowest BCUT2D eigenvalue weighted by molar-refractivity contribution is -0.123. The zero-order chi connectivity index (χ0) is 23.8. The molecule has 3 aromatic rings. The van der Waals surface area contributed by atoms with E-state index in [0.717, 1.165) is 22.1 Å². The van der Waals surface area contributed by atoms with Crippen molar-refractivity contribution in [2.45, 2.75) is 26.8 Å². The van der Waals surface area contributed by atoms with Crippen LogP contribution in [0.15, 0.2) is 65.8 Å². The third kappa shape index (κ3) is 5.88. The molecule has 0 fully saturated rings. The minimum atomic E-state index is -0.742. The van der Waals surface area contributed by atoms with Crippen molar-refractivity contribution < 1.29 is 19.1 Å². The highest BCUT2D eigenvalue weighted by Crippen LogP contribution is 2.27. The summed E-state index contributed by atoms with van der Waals surface area (Å²) < 4.78 is 10.8. The molecule has 172 valence electrons. The number of amides is 2. The van der Waals surface area contributed by atoms with Crippen LogP contribution in [0.3, 0.4) is 0 Å². The number of benzene rings is 3. The number of ether oxygens (including phenoxy) is 2. The van der Waals surface area contributed by atoms with Crippen molar-refractivity contribution in [3.8, 4) is 11.5 Å². The van der Waals surface area contributed by atoms with Gasteiger partial charge < -0.3 is 14.8 Å². The fraction of sp³-hybridized carbons (Fsp3) is 0.269. The van der Waals surface area contributed by atoms with Gasteiger partial charge in [0, 0.05) is 16.5 Å². The van der Waals surface area contributed by atoms with Crippen LogP contribution in [0.2, 0.25) is 0 Å². The summed E-state index contributed by atoms with van der Waals surface area (Å²) >= 11 is 0. The topological polar surface area (TPSA) is 89.0 Å². The summed E-state index contributed by atoms with van der Waals surface area (Å²) in [5.41, 5.74) is 3.84. The summed E-state index contributed by atoms with van der Waals surface area (Å²) in [6.07, 6.45) is 1.60. The number of hydrogen-bond acceptors (Lipinski definition) is 5. The molecule has 0 aromatic heterocycles. The highest BCUT2D eigenvalue weighted by molar-refractivity contribution is 6.03. The quantitative estimate of drug-likeness (QED) is 0.381. The minimum Gasteiger partial charge on any atom is -0.497 e. The molecule has 7 nitrogen and oxygen atoms in total. The molecule has 0 aliphatic rings. The summed E-state index contributed by atoms with van der Waals surface area (Å²) in [6.45, 7) is 6.25. The minimum absolute atomic E-state index is 0.131. The smallest absolute Gasteiger partial charge is 0.262 e. The van der Waals surface area contributed by atoms with Gasteiger partial charge in [0.2, 0.25) is 0 Å². The molecule has 0 heterocycles. The maximum Gasteiger partial charge on any atom is 0.262 e. The number of fused-ring (bicyclic) bond motifs is 1. The van der Waals surface area contributed by atoms with Crippen LogP contribution in [0.4, 0.5) is 0 Å².